The molecule has 0 aliphatic heterocycles. The van der Waals surface area contributed by atoms with E-state index >= 15 is 0 Å². The highest BCUT2D eigenvalue weighted by Gasteiger charge is 2.06. The van der Waals surface area contributed by atoms with Crippen LogP contribution in [0.3, 0.4) is 0 Å². The molecular weight excluding hydrogens is 465 g/mol. The van der Waals surface area contributed by atoms with Gasteiger partial charge in [-0.1, -0.05) is 35.9 Å². The molecule has 0 bridgehead atoms. The average molecular weight is 488 g/mol. The highest BCUT2D eigenvalue weighted by molar-refractivity contribution is 14.0. The van der Waals surface area contributed by atoms with Gasteiger partial charge in [0.25, 0.3) is 0 Å². The normalized spacial score (nSPS) is 10.7. The third-order valence-electron chi connectivity index (χ3n) is 3.52. The van der Waals surface area contributed by atoms with Crippen molar-refractivity contribution in [2.24, 2.45) is 4.99 Å². The summed E-state index contributed by atoms with van der Waals surface area (Å²) in [6, 6.07) is 15.0. The van der Waals surface area contributed by atoms with Gasteiger partial charge in [-0.2, -0.15) is 0 Å². The molecule has 2 aromatic rings. The van der Waals surface area contributed by atoms with Crippen LogP contribution < -0.4 is 10.6 Å². The summed E-state index contributed by atoms with van der Waals surface area (Å²) >= 11 is 5.88. The van der Waals surface area contributed by atoms with Crippen LogP contribution in [0.4, 0.5) is 0 Å². The van der Waals surface area contributed by atoms with Crippen LogP contribution in [0.15, 0.2) is 53.5 Å². The van der Waals surface area contributed by atoms with Crippen LogP contribution in [0.5, 0.6) is 0 Å². The first-order chi connectivity index (χ1) is 12.1. The summed E-state index contributed by atoms with van der Waals surface area (Å²) in [7, 11) is 1.72. The summed E-state index contributed by atoms with van der Waals surface area (Å²) < 4.78 is 4.97. The molecule has 0 saturated carbocycles. The summed E-state index contributed by atoms with van der Waals surface area (Å²) in [6.45, 7) is 3.42. The number of rotatable bonds is 6. The number of esters is 1. The van der Waals surface area contributed by atoms with Crippen LogP contribution in [0.2, 0.25) is 5.02 Å². The SMILES string of the molecule is CCOC(=O)c1ccc(CNC(=NC)NCc2ccc(Cl)cc2)cc1.I. The Morgan fingerprint density at radius 1 is 1.00 bits per heavy atom. The van der Waals surface area contributed by atoms with Gasteiger partial charge in [0.15, 0.2) is 5.96 Å². The van der Waals surface area contributed by atoms with Crippen molar-refractivity contribution in [3.8, 4) is 0 Å². The summed E-state index contributed by atoms with van der Waals surface area (Å²) in [5.74, 6) is 0.395. The third-order valence-corrected chi connectivity index (χ3v) is 3.77. The summed E-state index contributed by atoms with van der Waals surface area (Å²) in [5.41, 5.74) is 2.71. The molecule has 0 atom stereocenters. The number of carbonyl (C=O) groups is 1. The lowest BCUT2D eigenvalue weighted by Gasteiger charge is -2.12. The predicted molar refractivity (Wildman–Crippen MR) is 116 cm³/mol. The lowest BCUT2D eigenvalue weighted by Crippen LogP contribution is -2.36. The number of ether oxygens (including phenoxy) is 1. The van der Waals surface area contributed by atoms with E-state index < -0.39 is 0 Å². The third kappa shape index (κ3) is 7.21. The fourth-order valence-corrected chi connectivity index (χ4v) is 2.29. The molecule has 0 amide bonds. The molecule has 26 heavy (non-hydrogen) atoms. The lowest BCUT2D eigenvalue weighted by molar-refractivity contribution is 0.0526. The number of hydrogen-bond acceptors (Lipinski definition) is 3. The second-order valence-corrected chi connectivity index (χ2v) is 5.76. The first-order valence-corrected chi connectivity index (χ1v) is 8.45. The van der Waals surface area contributed by atoms with Crippen molar-refractivity contribution >= 4 is 47.5 Å². The van der Waals surface area contributed by atoms with Crippen LogP contribution in [-0.4, -0.2) is 25.6 Å². The zero-order chi connectivity index (χ0) is 18.1. The van der Waals surface area contributed by atoms with Crippen LogP contribution in [0, 0.1) is 0 Å². The standard InChI is InChI=1S/C19H22ClN3O2.HI/c1-3-25-18(24)16-8-4-14(5-9-16)12-22-19(21-2)23-13-15-6-10-17(20)11-7-15;/h4-11H,3,12-13H2,1-2H3,(H2,21,22,23);1H. The number of guanidine groups is 1. The maximum atomic E-state index is 11.6. The molecule has 0 unspecified atom stereocenters. The predicted octanol–water partition coefficient (Wildman–Crippen LogP) is 4.00. The molecule has 0 fully saturated rings. The van der Waals surface area contributed by atoms with Gasteiger partial charge in [-0.3, -0.25) is 4.99 Å². The molecule has 0 spiro atoms. The molecule has 0 radical (unpaired) electrons. The maximum Gasteiger partial charge on any atom is 0.338 e. The Morgan fingerprint density at radius 3 is 1.96 bits per heavy atom. The fraction of sp³-hybridized carbons (Fsp3) is 0.263. The monoisotopic (exact) mass is 487 g/mol. The average Bonchev–Trinajstić information content (AvgIpc) is 2.64. The molecule has 140 valence electrons. The molecule has 2 N–H and O–H groups in total. The van der Waals surface area contributed by atoms with Crippen molar-refractivity contribution in [2.75, 3.05) is 13.7 Å². The van der Waals surface area contributed by atoms with Gasteiger partial charge in [0.2, 0.25) is 0 Å². The van der Waals surface area contributed by atoms with Gasteiger partial charge in [-0.15, -0.1) is 24.0 Å². The van der Waals surface area contributed by atoms with Crippen LogP contribution in [0.1, 0.15) is 28.4 Å². The molecule has 0 heterocycles. The van der Waals surface area contributed by atoms with E-state index in [4.69, 9.17) is 16.3 Å². The van der Waals surface area contributed by atoms with Gasteiger partial charge in [-0.25, -0.2) is 4.79 Å². The Balaban J connectivity index is 0.00000338. The van der Waals surface area contributed by atoms with Gasteiger partial charge < -0.3 is 15.4 Å². The summed E-state index contributed by atoms with van der Waals surface area (Å²) in [4.78, 5) is 15.8. The lowest BCUT2D eigenvalue weighted by atomic mass is 10.1. The fourth-order valence-electron chi connectivity index (χ4n) is 2.17. The molecule has 0 aromatic heterocycles. The number of benzene rings is 2. The van der Waals surface area contributed by atoms with Gasteiger partial charge in [-0.05, 0) is 42.3 Å². The minimum absolute atomic E-state index is 0. The van der Waals surface area contributed by atoms with Crippen LogP contribution in [-0.2, 0) is 17.8 Å². The first kappa shape index (κ1) is 22.2. The number of halogens is 2. The minimum atomic E-state index is -0.303. The van der Waals surface area contributed by atoms with E-state index in [1.165, 1.54) is 0 Å². The Morgan fingerprint density at radius 2 is 1.50 bits per heavy atom. The highest BCUT2D eigenvalue weighted by atomic mass is 127. The Labute approximate surface area is 176 Å². The smallest absolute Gasteiger partial charge is 0.338 e. The number of aliphatic imine (C=N–C) groups is 1. The van der Waals surface area contributed by atoms with Crippen molar-refractivity contribution in [1.82, 2.24) is 10.6 Å². The van der Waals surface area contributed by atoms with Crippen molar-refractivity contribution in [3.05, 3.63) is 70.2 Å². The van der Waals surface area contributed by atoms with Crippen molar-refractivity contribution in [3.63, 3.8) is 0 Å². The second kappa shape index (κ2) is 11.7. The molecule has 0 saturated heterocycles. The quantitative estimate of drug-likeness (QED) is 0.280. The molecule has 2 aromatic carbocycles. The van der Waals surface area contributed by atoms with Crippen molar-refractivity contribution in [2.45, 2.75) is 20.0 Å². The topological polar surface area (TPSA) is 62.7 Å². The summed E-state index contributed by atoms with van der Waals surface area (Å²) in [5, 5.41) is 7.20. The van der Waals surface area contributed by atoms with Crippen molar-refractivity contribution in [1.29, 1.82) is 0 Å². The number of nitrogens with zero attached hydrogens (tertiary/aromatic N) is 1. The van der Waals surface area contributed by atoms with Crippen LogP contribution >= 0.6 is 35.6 Å². The van der Waals surface area contributed by atoms with Gasteiger partial charge >= 0.3 is 5.97 Å². The van der Waals surface area contributed by atoms with Gasteiger partial charge in [0, 0.05) is 25.2 Å². The van der Waals surface area contributed by atoms with E-state index in [9.17, 15) is 4.79 Å². The Hall–Kier alpha value is -1.80. The van der Waals surface area contributed by atoms with E-state index in [-0.39, 0.29) is 29.9 Å². The van der Waals surface area contributed by atoms with Crippen LogP contribution in [0.25, 0.3) is 0 Å². The summed E-state index contributed by atoms with van der Waals surface area (Å²) in [6.07, 6.45) is 0. The molecular formula is C19H23ClIN3O2. The van der Waals surface area contributed by atoms with E-state index in [1.54, 1.807) is 26.1 Å². The largest absolute Gasteiger partial charge is 0.462 e. The molecule has 7 heteroatoms. The molecule has 0 aliphatic rings. The molecule has 0 aliphatic carbocycles. The number of carbonyl (C=O) groups excluding carboxylic acids is 1. The minimum Gasteiger partial charge on any atom is -0.462 e. The zero-order valence-electron chi connectivity index (χ0n) is 14.8. The molecule has 5 nitrogen and oxygen atoms in total. The van der Waals surface area contributed by atoms with E-state index in [1.807, 2.05) is 36.4 Å². The number of nitrogens with one attached hydrogen (secondary N) is 2. The zero-order valence-corrected chi connectivity index (χ0v) is 17.9. The highest BCUT2D eigenvalue weighted by Crippen LogP contribution is 2.09. The second-order valence-electron chi connectivity index (χ2n) is 5.32. The Kier molecular flexibility index (Phi) is 10.0. The Bertz CT molecular complexity index is 719. The van der Waals surface area contributed by atoms with Gasteiger partial charge in [0.1, 0.15) is 0 Å². The number of hydrogen-bond donors (Lipinski definition) is 2. The van der Waals surface area contributed by atoms with E-state index in [0.29, 0.717) is 31.2 Å². The van der Waals surface area contributed by atoms with E-state index in [2.05, 4.69) is 15.6 Å². The maximum absolute atomic E-state index is 11.6. The van der Waals surface area contributed by atoms with E-state index in [0.717, 1.165) is 16.1 Å². The van der Waals surface area contributed by atoms with Gasteiger partial charge in [0.05, 0.1) is 12.2 Å². The first-order valence-electron chi connectivity index (χ1n) is 8.07. The molecule has 2 rings (SSSR count). The van der Waals surface area contributed by atoms with Crippen molar-refractivity contribution < 1.29 is 9.53 Å².